The fourth-order valence-electron chi connectivity index (χ4n) is 2.65. The predicted octanol–water partition coefficient (Wildman–Crippen LogP) is 3.88. The van der Waals surface area contributed by atoms with Crippen LogP contribution in [0.1, 0.15) is 31.2 Å². The van der Waals surface area contributed by atoms with E-state index in [1.807, 2.05) is 38.5 Å². The summed E-state index contributed by atoms with van der Waals surface area (Å²) in [7, 11) is 1.86. The summed E-state index contributed by atoms with van der Waals surface area (Å²) >= 11 is 1.33. The van der Waals surface area contributed by atoms with E-state index in [-0.39, 0.29) is 23.0 Å². The van der Waals surface area contributed by atoms with E-state index in [0.29, 0.717) is 11.0 Å². The van der Waals surface area contributed by atoms with Crippen LogP contribution in [0.4, 0.5) is 4.39 Å². The molecule has 0 saturated carbocycles. The highest BCUT2D eigenvalue weighted by atomic mass is 32.2. The van der Waals surface area contributed by atoms with Gasteiger partial charge in [-0.1, -0.05) is 23.9 Å². The van der Waals surface area contributed by atoms with Gasteiger partial charge in [-0.3, -0.25) is 4.79 Å². The Morgan fingerprint density at radius 3 is 2.56 bits per heavy atom. The number of carbonyl (C=O) groups excluding carboxylic acids is 1. The Morgan fingerprint density at radius 2 is 1.93 bits per heavy atom. The number of furan rings is 1. The summed E-state index contributed by atoms with van der Waals surface area (Å²) in [4.78, 5) is 12.5. The number of hydrogen-bond donors (Lipinski definition) is 1. The Bertz CT molecular complexity index is 936. The van der Waals surface area contributed by atoms with E-state index in [2.05, 4.69) is 15.5 Å². The number of halogens is 1. The van der Waals surface area contributed by atoms with Crippen molar-refractivity contribution in [2.45, 2.75) is 37.2 Å². The molecule has 27 heavy (non-hydrogen) atoms. The van der Waals surface area contributed by atoms with Gasteiger partial charge in [0.2, 0.25) is 5.91 Å². The van der Waals surface area contributed by atoms with Gasteiger partial charge in [-0.2, -0.15) is 0 Å². The molecule has 0 fully saturated rings. The minimum absolute atomic E-state index is 0.124. The molecule has 2 aromatic heterocycles. The summed E-state index contributed by atoms with van der Waals surface area (Å²) in [6.45, 7) is 5.54. The van der Waals surface area contributed by atoms with E-state index in [9.17, 15) is 9.18 Å². The first-order chi connectivity index (χ1) is 12.9. The van der Waals surface area contributed by atoms with Crippen LogP contribution in [0.15, 0.2) is 46.2 Å². The van der Waals surface area contributed by atoms with Gasteiger partial charge in [-0.05, 0) is 44.5 Å². The molecule has 0 saturated heterocycles. The number of thioether (sulfide) groups is 1. The first kappa shape index (κ1) is 19.2. The van der Waals surface area contributed by atoms with E-state index in [0.717, 1.165) is 16.9 Å². The van der Waals surface area contributed by atoms with Crippen molar-refractivity contribution in [1.29, 1.82) is 0 Å². The molecule has 1 N–H and O–H groups in total. The van der Waals surface area contributed by atoms with Crippen molar-refractivity contribution in [3.8, 4) is 11.4 Å². The second-order valence-electron chi connectivity index (χ2n) is 6.30. The molecular weight excluding hydrogens is 367 g/mol. The molecule has 3 rings (SSSR count). The van der Waals surface area contributed by atoms with Crippen LogP contribution in [-0.4, -0.2) is 25.9 Å². The first-order valence-corrected chi connectivity index (χ1v) is 9.41. The summed E-state index contributed by atoms with van der Waals surface area (Å²) < 4.78 is 20.2. The molecule has 3 aromatic rings. The van der Waals surface area contributed by atoms with Crippen molar-refractivity contribution >= 4 is 17.7 Å². The Balaban J connectivity index is 1.65. The largest absolute Gasteiger partial charge is 0.469 e. The summed E-state index contributed by atoms with van der Waals surface area (Å²) in [5.41, 5.74) is 1.72. The van der Waals surface area contributed by atoms with Crippen molar-refractivity contribution in [3.63, 3.8) is 0 Å². The van der Waals surface area contributed by atoms with Gasteiger partial charge in [0, 0.05) is 7.05 Å². The average Bonchev–Trinajstić information content (AvgIpc) is 3.21. The van der Waals surface area contributed by atoms with E-state index in [4.69, 9.17) is 4.42 Å². The SMILES string of the molecule is Cc1occc1-c1nnc(S[C@@H](C)C(=O)N[C@H](C)c2ccc(F)cc2)n1C. The van der Waals surface area contributed by atoms with Gasteiger partial charge in [0.05, 0.1) is 23.1 Å². The Kier molecular flexibility index (Phi) is 5.65. The number of carbonyl (C=O) groups is 1. The van der Waals surface area contributed by atoms with Crippen LogP contribution < -0.4 is 5.32 Å². The number of nitrogens with one attached hydrogen (secondary N) is 1. The maximum Gasteiger partial charge on any atom is 0.233 e. The lowest BCUT2D eigenvalue weighted by Crippen LogP contribution is -2.33. The van der Waals surface area contributed by atoms with Crippen LogP contribution in [0.25, 0.3) is 11.4 Å². The molecule has 8 heteroatoms. The van der Waals surface area contributed by atoms with Crippen LogP contribution in [-0.2, 0) is 11.8 Å². The minimum Gasteiger partial charge on any atom is -0.469 e. The average molecular weight is 388 g/mol. The van der Waals surface area contributed by atoms with Crippen LogP contribution in [0, 0.1) is 12.7 Å². The van der Waals surface area contributed by atoms with Gasteiger partial charge >= 0.3 is 0 Å². The molecule has 0 bridgehead atoms. The maximum absolute atomic E-state index is 13.0. The minimum atomic E-state index is -0.367. The molecule has 0 aliphatic heterocycles. The molecule has 1 aromatic carbocycles. The molecule has 2 heterocycles. The zero-order chi connectivity index (χ0) is 19.6. The van der Waals surface area contributed by atoms with Gasteiger partial charge in [-0.25, -0.2) is 4.39 Å². The second kappa shape index (κ2) is 7.96. The number of benzene rings is 1. The fraction of sp³-hybridized carbons (Fsp3) is 0.316. The number of rotatable bonds is 6. The van der Waals surface area contributed by atoms with Gasteiger partial charge in [-0.15, -0.1) is 10.2 Å². The lowest BCUT2D eigenvalue weighted by molar-refractivity contribution is -0.120. The highest BCUT2D eigenvalue weighted by Gasteiger charge is 2.22. The molecule has 1 amide bonds. The lowest BCUT2D eigenvalue weighted by Gasteiger charge is -2.17. The molecule has 0 unspecified atom stereocenters. The smallest absolute Gasteiger partial charge is 0.233 e. The van der Waals surface area contributed by atoms with Gasteiger partial charge in [0.1, 0.15) is 11.6 Å². The third-order valence-corrected chi connectivity index (χ3v) is 5.45. The third kappa shape index (κ3) is 4.21. The molecular formula is C19H21FN4O2S. The van der Waals surface area contributed by atoms with Crippen molar-refractivity contribution < 1.29 is 13.6 Å². The molecule has 6 nitrogen and oxygen atoms in total. The monoisotopic (exact) mass is 388 g/mol. The first-order valence-electron chi connectivity index (χ1n) is 8.53. The summed E-state index contributed by atoms with van der Waals surface area (Å²) in [6.07, 6.45) is 1.61. The van der Waals surface area contributed by atoms with Crippen molar-refractivity contribution in [2.24, 2.45) is 7.05 Å². The Labute approximate surface area is 161 Å². The van der Waals surface area contributed by atoms with Gasteiger partial charge in [0.25, 0.3) is 0 Å². The molecule has 2 atom stereocenters. The van der Waals surface area contributed by atoms with Crippen molar-refractivity contribution in [2.75, 3.05) is 0 Å². The summed E-state index contributed by atoms with van der Waals surface area (Å²) in [5, 5.41) is 11.6. The molecule has 0 aliphatic rings. The normalized spacial score (nSPS) is 13.4. The number of hydrogen-bond acceptors (Lipinski definition) is 5. The zero-order valence-corrected chi connectivity index (χ0v) is 16.4. The second-order valence-corrected chi connectivity index (χ2v) is 7.61. The molecule has 0 radical (unpaired) electrons. The van der Waals surface area contributed by atoms with Crippen LogP contribution in [0.3, 0.4) is 0 Å². The fourth-order valence-corrected chi connectivity index (χ4v) is 3.47. The number of nitrogens with zero attached hydrogens (tertiary/aromatic N) is 3. The van der Waals surface area contributed by atoms with Crippen molar-refractivity contribution in [3.05, 3.63) is 53.7 Å². The highest BCUT2D eigenvalue weighted by molar-refractivity contribution is 8.00. The quantitative estimate of drug-likeness (QED) is 0.649. The maximum atomic E-state index is 13.0. The van der Waals surface area contributed by atoms with Crippen molar-refractivity contribution in [1.82, 2.24) is 20.1 Å². The molecule has 142 valence electrons. The van der Waals surface area contributed by atoms with E-state index < -0.39 is 0 Å². The molecule has 0 spiro atoms. The summed E-state index contributed by atoms with van der Waals surface area (Å²) in [6, 6.07) is 7.73. The van der Waals surface area contributed by atoms with Gasteiger partial charge in [0.15, 0.2) is 11.0 Å². The van der Waals surface area contributed by atoms with Crippen LogP contribution in [0.2, 0.25) is 0 Å². The standard InChI is InChI=1S/C19H21FN4O2S/c1-11(14-5-7-15(20)8-6-14)21-18(25)13(3)27-19-23-22-17(24(19)4)16-9-10-26-12(16)2/h5-11,13H,1-4H3,(H,21,25)/t11-,13+/m1/s1. The third-order valence-electron chi connectivity index (χ3n) is 4.31. The zero-order valence-electron chi connectivity index (χ0n) is 15.6. The molecule has 0 aliphatic carbocycles. The number of aromatic nitrogens is 3. The number of aryl methyl sites for hydroxylation is 1. The van der Waals surface area contributed by atoms with E-state index in [1.165, 1.54) is 23.9 Å². The van der Waals surface area contributed by atoms with E-state index in [1.54, 1.807) is 18.4 Å². The highest BCUT2D eigenvalue weighted by Crippen LogP contribution is 2.28. The van der Waals surface area contributed by atoms with Crippen LogP contribution >= 0.6 is 11.8 Å². The van der Waals surface area contributed by atoms with E-state index >= 15 is 0 Å². The Morgan fingerprint density at radius 1 is 1.22 bits per heavy atom. The lowest BCUT2D eigenvalue weighted by atomic mass is 10.1. The topological polar surface area (TPSA) is 72.9 Å². The Hall–Kier alpha value is -2.61. The number of amides is 1. The predicted molar refractivity (Wildman–Crippen MR) is 102 cm³/mol. The van der Waals surface area contributed by atoms with Gasteiger partial charge < -0.3 is 14.3 Å². The summed E-state index contributed by atoms with van der Waals surface area (Å²) in [5.74, 6) is 1.03. The van der Waals surface area contributed by atoms with Crippen LogP contribution in [0.5, 0.6) is 0 Å².